The molecule has 0 bridgehead atoms. The van der Waals surface area contributed by atoms with Gasteiger partial charge in [0.25, 0.3) is 5.91 Å². The summed E-state index contributed by atoms with van der Waals surface area (Å²) in [5, 5.41) is 6.86. The van der Waals surface area contributed by atoms with Crippen LogP contribution in [0.1, 0.15) is 30.1 Å². The minimum Gasteiger partial charge on any atom is -0.466 e. The Labute approximate surface area is 155 Å². The fraction of sp³-hybridized carbons (Fsp3) is 0.438. The van der Waals surface area contributed by atoms with Gasteiger partial charge < -0.3 is 10.1 Å². The minimum absolute atomic E-state index is 0.0884. The third-order valence-electron chi connectivity index (χ3n) is 3.50. The van der Waals surface area contributed by atoms with Crippen molar-refractivity contribution in [2.75, 3.05) is 26.2 Å². The first-order chi connectivity index (χ1) is 11.5. The fourth-order valence-corrected chi connectivity index (χ4v) is 2.93. The van der Waals surface area contributed by atoms with Gasteiger partial charge in [0, 0.05) is 29.7 Å². The Morgan fingerprint density at radius 1 is 1.25 bits per heavy atom. The highest BCUT2D eigenvalue weighted by molar-refractivity contribution is 9.10. The van der Waals surface area contributed by atoms with Crippen LogP contribution in [0.5, 0.6) is 0 Å². The number of rotatable bonds is 5. The van der Waals surface area contributed by atoms with Crippen molar-refractivity contribution in [1.29, 1.82) is 0 Å². The van der Waals surface area contributed by atoms with Crippen molar-refractivity contribution < 1.29 is 14.3 Å². The van der Waals surface area contributed by atoms with Crippen LogP contribution in [0, 0.1) is 0 Å². The van der Waals surface area contributed by atoms with E-state index in [4.69, 9.17) is 17.0 Å². The van der Waals surface area contributed by atoms with E-state index in [1.807, 2.05) is 12.1 Å². The summed E-state index contributed by atoms with van der Waals surface area (Å²) in [4.78, 5) is 24.0. The largest absolute Gasteiger partial charge is 0.466 e. The number of esters is 1. The van der Waals surface area contributed by atoms with Crippen LogP contribution in [0.25, 0.3) is 0 Å². The highest BCUT2D eigenvalue weighted by Gasteiger charge is 2.29. The highest BCUT2D eigenvalue weighted by Crippen LogP contribution is 2.17. The Balaban J connectivity index is 1.92. The molecular weight excluding hydrogens is 394 g/mol. The number of amides is 1. The van der Waals surface area contributed by atoms with Crippen LogP contribution < -0.4 is 5.32 Å². The second-order valence-electron chi connectivity index (χ2n) is 5.20. The molecule has 1 aromatic carbocycles. The van der Waals surface area contributed by atoms with Gasteiger partial charge >= 0.3 is 5.97 Å². The normalized spacial score (nSPS) is 13.8. The molecule has 1 amide bonds. The topological polar surface area (TPSA) is 61.9 Å². The Morgan fingerprint density at radius 2 is 1.92 bits per heavy atom. The number of thiocarbonyl (C=S) groups is 1. The number of carbonyl (C=O) groups is 2. The van der Waals surface area contributed by atoms with E-state index in [0.29, 0.717) is 36.9 Å². The molecule has 0 aromatic heterocycles. The maximum absolute atomic E-state index is 12.6. The lowest BCUT2D eigenvalue weighted by Crippen LogP contribution is -2.49. The molecule has 1 fully saturated rings. The van der Waals surface area contributed by atoms with Crippen molar-refractivity contribution in [3.63, 3.8) is 0 Å². The molecule has 1 aromatic rings. The van der Waals surface area contributed by atoms with Crippen molar-refractivity contribution in [3.05, 3.63) is 34.3 Å². The number of carbonyl (C=O) groups excluding carboxylic acids is 2. The number of hydrogen-bond acceptors (Lipinski definition) is 4. The third-order valence-corrected chi connectivity index (χ3v) is 4.39. The van der Waals surface area contributed by atoms with Crippen LogP contribution in [0.2, 0.25) is 0 Å². The Hall–Kier alpha value is -1.67. The van der Waals surface area contributed by atoms with E-state index in [-0.39, 0.29) is 18.3 Å². The van der Waals surface area contributed by atoms with Crippen LogP contribution >= 0.6 is 28.1 Å². The first-order valence-corrected chi connectivity index (χ1v) is 9.01. The molecule has 0 spiro atoms. The van der Waals surface area contributed by atoms with Gasteiger partial charge in [0.05, 0.1) is 13.0 Å². The third kappa shape index (κ3) is 4.91. The molecule has 1 saturated heterocycles. The van der Waals surface area contributed by atoms with E-state index in [1.165, 1.54) is 0 Å². The quantitative estimate of drug-likeness (QED) is 0.590. The van der Waals surface area contributed by atoms with E-state index in [2.05, 4.69) is 21.2 Å². The molecule has 0 saturated carbocycles. The van der Waals surface area contributed by atoms with E-state index >= 15 is 0 Å². The summed E-state index contributed by atoms with van der Waals surface area (Å²) < 4.78 is 5.80. The Bertz CT molecular complexity index is 609. The molecule has 24 heavy (non-hydrogen) atoms. The average molecular weight is 414 g/mol. The molecule has 1 heterocycles. The van der Waals surface area contributed by atoms with E-state index in [1.54, 1.807) is 29.1 Å². The lowest BCUT2D eigenvalue weighted by atomic mass is 10.2. The van der Waals surface area contributed by atoms with Gasteiger partial charge in [-0.05, 0) is 49.8 Å². The Kier molecular flexibility index (Phi) is 6.99. The summed E-state index contributed by atoms with van der Waals surface area (Å²) in [6.45, 7) is 3.81. The molecule has 130 valence electrons. The molecule has 0 aliphatic carbocycles. The van der Waals surface area contributed by atoms with Gasteiger partial charge in [-0.2, -0.15) is 0 Å². The number of benzene rings is 1. The average Bonchev–Trinajstić information content (AvgIpc) is 3.04. The molecule has 0 radical (unpaired) electrons. The van der Waals surface area contributed by atoms with Gasteiger partial charge in [-0.1, -0.05) is 15.9 Å². The smallest absolute Gasteiger partial charge is 0.307 e. The molecule has 1 N–H and O–H groups in total. The van der Waals surface area contributed by atoms with E-state index in [9.17, 15) is 9.59 Å². The molecule has 2 rings (SSSR count). The lowest BCUT2D eigenvalue weighted by molar-refractivity contribution is -0.142. The SMILES string of the molecule is CCOC(=O)CCNC(=S)N1CCCN1C(=O)c1ccc(Br)cc1. The highest BCUT2D eigenvalue weighted by atomic mass is 79.9. The zero-order chi connectivity index (χ0) is 17.5. The maximum atomic E-state index is 12.6. The second-order valence-corrected chi connectivity index (χ2v) is 6.50. The molecule has 8 heteroatoms. The van der Waals surface area contributed by atoms with E-state index in [0.717, 1.165) is 10.9 Å². The minimum atomic E-state index is -0.267. The number of nitrogens with one attached hydrogen (secondary N) is 1. The summed E-state index contributed by atoms with van der Waals surface area (Å²) in [5.41, 5.74) is 0.611. The van der Waals surface area contributed by atoms with Gasteiger partial charge in [0.15, 0.2) is 5.11 Å². The number of hydrogen-bond donors (Lipinski definition) is 1. The number of nitrogens with zero attached hydrogens (tertiary/aromatic N) is 2. The molecule has 0 unspecified atom stereocenters. The Morgan fingerprint density at radius 3 is 2.58 bits per heavy atom. The standard InChI is InChI=1S/C16H20BrN3O3S/c1-2-23-14(21)8-9-18-16(24)20-11-3-10-19(20)15(22)12-4-6-13(17)7-5-12/h4-7H,2-3,8-11H2,1H3,(H,18,24). The van der Waals surface area contributed by atoms with Crippen LogP contribution in [-0.2, 0) is 9.53 Å². The molecule has 1 aliphatic rings. The second kappa shape index (κ2) is 8.98. The first-order valence-electron chi connectivity index (χ1n) is 7.81. The van der Waals surface area contributed by atoms with Crippen LogP contribution in [0.4, 0.5) is 0 Å². The number of ether oxygens (including phenoxy) is 1. The maximum Gasteiger partial charge on any atom is 0.307 e. The summed E-state index contributed by atoms with van der Waals surface area (Å²) in [6, 6.07) is 7.23. The predicted octanol–water partition coefficient (Wildman–Crippen LogP) is 2.34. The van der Waals surface area contributed by atoms with Crippen molar-refractivity contribution in [3.8, 4) is 0 Å². The zero-order valence-corrected chi connectivity index (χ0v) is 15.9. The molecule has 6 nitrogen and oxygen atoms in total. The summed E-state index contributed by atoms with van der Waals surface area (Å²) >= 11 is 8.72. The van der Waals surface area contributed by atoms with Gasteiger partial charge in [-0.3, -0.25) is 14.6 Å². The first kappa shape index (κ1) is 18.7. The zero-order valence-electron chi connectivity index (χ0n) is 13.5. The van der Waals surface area contributed by atoms with Crippen molar-refractivity contribution in [2.45, 2.75) is 19.8 Å². The summed E-state index contributed by atoms with van der Waals surface area (Å²) in [6.07, 6.45) is 1.09. The summed E-state index contributed by atoms with van der Waals surface area (Å²) in [5.74, 6) is -0.355. The van der Waals surface area contributed by atoms with Gasteiger partial charge in [0.1, 0.15) is 0 Å². The fourth-order valence-electron chi connectivity index (χ4n) is 2.37. The van der Waals surface area contributed by atoms with Crippen molar-refractivity contribution in [1.82, 2.24) is 15.3 Å². The van der Waals surface area contributed by atoms with Crippen molar-refractivity contribution in [2.24, 2.45) is 0 Å². The molecule has 1 aliphatic heterocycles. The van der Waals surface area contributed by atoms with Crippen LogP contribution in [-0.4, -0.2) is 53.2 Å². The number of hydrazine groups is 1. The monoisotopic (exact) mass is 413 g/mol. The predicted molar refractivity (Wildman–Crippen MR) is 98.4 cm³/mol. The van der Waals surface area contributed by atoms with Gasteiger partial charge in [0.2, 0.25) is 0 Å². The van der Waals surface area contributed by atoms with Crippen LogP contribution in [0.15, 0.2) is 28.7 Å². The lowest BCUT2D eigenvalue weighted by Gasteiger charge is -2.30. The number of halogens is 1. The van der Waals surface area contributed by atoms with Crippen LogP contribution in [0.3, 0.4) is 0 Å². The van der Waals surface area contributed by atoms with Gasteiger partial charge in [-0.15, -0.1) is 0 Å². The van der Waals surface area contributed by atoms with Gasteiger partial charge in [-0.25, -0.2) is 5.01 Å². The van der Waals surface area contributed by atoms with Crippen molar-refractivity contribution >= 4 is 45.1 Å². The van der Waals surface area contributed by atoms with E-state index < -0.39 is 0 Å². The molecular formula is C16H20BrN3O3S. The molecule has 0 atom stereocenters. The summed E-state index contributed by atoms with van der Waals surface area (Å²) in [7, 11) is 0.